The molecule has 16 heavy (non-hydrogen) atoms. The number of rotatable bonds is 3. The van der Waals surface area contributed by atoms with Crippen LogP contribution in [0.5, 0.6) is 0 Å². The Morgan fingerprint density at radius 2 is 2.19 bits per heavy atom. The van der Waals surface area contributed by atoms with Crippen molar-refractivity contribution in [2.45, 2.75) is 45.3 Å². The Hall–Kier alpha value is -0.860. The largest absolute Gasteiger partial charge is 0.391 e. The molecule has 2 nitrogen and oxygen atoms in total. The highest BCUT2D eigenvalue weighted by atomic mass is 16.3. The van der Waals surface area contributed by atoms with Crippen molar-refractivity contribution in [1.29, 1.82) is 0 Å². The lowest BCUT2D eigenvalue weighted by atomic mass is 9.98. The molecule has 0 saturated carbocycles. The van der Waals surface area contributed by atoms with Gasteiger partial charge in [0.05, 0.1) is 6.10 Å². The van der Waals surface area contributed by atoms with Crippen LogP contribution in [0.1, 0.15) is 29.5 Å². The minimum atomic E-state index is -0.246. The van der Waals surface area contributed by atoms with E-state index >= 15 is 0 Å². The maximum absolute atomic E-state index is 10.1. The second kappa shape index (κ2) is 4.98. The van der Waals surface area contributed by atoms with Crippen LogP contribution in [0.15, 0.2) is 18.2 Å². The summed E-state index contributed by atoms with van der Waals surface area (Å²) in [4.78, 5) is 0. The van der Waals surface area contributed by atoms with Gasteiger partial charge in [-0.05, 0) is 56.3 Å². The zero-order valence-electron chi connectivity index (χ0n) is 10.2. The van der Waals surface area contributed by atoms with E-state index in [0.29, 0.717) is 6.04 Å². The molecule has 0 spiro atoms. The number of hydrogen-bond acceptors (Lipinski definition) is 2. The van der Waals surface area contributed by atoms with Crippen molar-refractivity contribution >= 4 is 0 Å². The van der Waals surface area contributed by atoms with Crippen molar-refractivity contribution < 1.29 is 5.11 Å². The predicted molar refractivity (Wildman–Crippen MR) is 66.7 cm³/mol. The summed E-state index contributed by atoms with van der Waals surface area (Å²) in [5.74, 6) is 0. The van der Waals surface area contributed by atoms with Crippen molar-refractivity contribution in [3.8, 4) is 0 Å². The first kappa shape index (κ1) is 11.6. The fourth-order valence-electron chi connectivity index (χ4n) is 2.35. The average molecular weight is 219 g/mol. The Bertz CT molecular complexity index is 356. The van der Waals surface area contributed by atoms with Crippen molar-refractivity contribution in [3.63, 3.8) is 0 Å². The van der Waals surface area contributed by atoms with E-state index in [0.717, 1.165) is 19.4 Å². The third-order valence-electron chi connectivity index (χ3n) is 3.58. The maximum atomic E-state index is 10.1. The van der Waals surface area contributed by atoms with E-state index in [2.05, 4.69) is 37.4 Å². The molecular weight excluding hydrogens is 198 g/mol. The molecule has 2 N–H and O–H groups in total. The fraction of sp³-hybridized carbons (Fsp3) is 0.571. The van der Waals surface area contributed by atoms with E-state index in [9.17, 15) is 5.11 Å². The number of aliphatic hydroxyl groups is 1. The molecule has 2 atom stereocenters. The maximum Gasteiger partial charge on any atom is 0.0733 e. The van der Waals surface area contributed by atoms with Crippen LogP contribution in [0.4, 0.5) is 0 Å². The van der Waals surface area contributed by atoms with Crippen LogP contribution in [-0.4, -0.2) is 23.8 Å². The lowest BCUT2D eigenvalue weighted by Gasteiger charge is -2.18. The highest BCUT2D eigenvalue weighted by molar-refractivity contribution is 5.30. The molecule has 2 unspecified atom stereocenters. The van der Waals surface area contributed by atoms with E-state index in [1.165, 1.54) is 23.1 Å². The molecule has 1 aliphatic rings. The van der Waals surface area contributed by atoms with Gasteiger partial charge >= 0.3 is 0 Å². The zero-order valence-corrected chi connectivity index (χ0v) is 10.2. The van der Waals surface area contributed by atoms with Gasteiger partial charge in [0.1, 0.15) is 0 Å². The van der Waals surface area contributed by atoms with Gasteiger partial charge in [-0.25, -0.2) is 0 Å². The summed E-state index contributed by atoms with van der Waals surface area (Å²) >= 11 is 0. The van der Waals surface area contributed by atoms with E-state index in [1.807, 2.05) is 0 Å². The molecule has 1 aliphatic heterocycles. The quantitative estimate of drug-likeness (QED) is 0.814. The van der Waals surface area contributed by atoms with E-state index in [-0.39, 0.29) is 6.10 Å². The second-order valence-electron chi connectivity index (χ2n) is 4.89. The molecule has 0 aliphatic carbocycles. The van der Waals surface area contributed by atoms with Crippen LogP contribution in [0.3, 0.4) is 0 Å². The smallest absolute Gasteiger partial charge is 0.0733 e. The van der Waals surface area contributed by atoms with E-state index in [1.54, 1.807) is 0 Å². The Labute approximate surface area is 97.7 Å². The van der Waals surface area contributed by atoms with Gasteiger partial charge in [0.25, 0.3) is 0 Å². The summed E-state index contributed by atoms with van der Waals surface area (Å²) in [5, 5.41) is 13.5. The molecule has 1 saturated heterocycles. The minimum absolute atomic E-state index is 0.246. The Morgan fingerprint density at radius 3 is 2.81 bits per heavy atom. The minimum Gasteiger partial charge on any atom is -0.391 e. The van der Waals surface area contributed by atoms with Gasteiger partial charge in [-0.2, -0.15) is 0 Å². The Kier molecular flexibility index (Phi) is 3.62. The van der Waals surface area contributed by atoms with Crippen molar-refractivity contribution in [3.05, 3.63) is 34.9 Å². The highest BCUT2D eigenvalue weighted by Crippen LogP contribution is 2.16. The third kappa shape index (κ3) is 2.63. The number of hydrogen-bond donors (Lipinski definition) is 2. The van der Waals surface area contributed by atoms with Gasteiger partial charge in [0.2, 0.25) is 0 Å². The SMILES string of the molecule is Cc1ccc(CC(O)C2CCCN2)cc1C. The first-order valence-electron chi connectivity index (χ1n) is 6.14. The lowest BCUT2D eigenvalue weighted by Crippen LogP contribution is -2.36. The third-order valence-corrected chi connectivity index (χ3v) is 3.58. The summed E-state index contributed by atoms with van der Waals surface area (Å²) in [7, 11) is 0. The van der Waals surface area contributed by atoms with Crippen LogP contribution >= 0.6 is 0 Å². The Balaban J connectivity index is 1.99. The molecule has 0 amide bonds. The molecule has 2 rings (SSSR count). The number of nitrogens with one attached hydrogen (secondary N) is 1. The monoisotopic (exact) mass is 219 g/mol. The first-order chi connectivity index (χ1) is 7.66. The molecule has 2 heteroatoms. The predicted octanol–water partition coefficient (Wildman–Crippen LogP) is 1.96. The van der Waals surface area contributed by atoms with Gasteiger partial charge in [-0.15, -0.1) is 0 Å². The molecule has 0 bridgehead atoms. The molecule has 0 radical (unpaired) electrons. The summed E-state index contributed by atoms with van der Waals surface area (Å²) in [6.07, 6.45) is 2.81. The highest BCUT2D eigenvalue weighted by Gasteiger charge is 2.22. The number of benzene rings is 1. The first-order valence-corrected chi connectivity index (χ1v) is 6.14. The average Bonchev–Trinajstić information content (AvgIpc) is 2.77. The van der Waals surface area contributed by atoms with E-state index < -0.39 is 0 Å². The van der Waals surface area contributed by atoms with E-state index in [4.69, 9.17) is 0 Å². The summed E-state index contributed by atoms with van der Waals surface area (Å²) in [5.41, 5.74) is 3.87. The zero-order chi connectivity index (χ0) is 11.5. The van der Waals surface area contributed by atoms with Gasteiger partial charge in [0, 0.05) is 6.04 Å². The molecule has 1 aromatic rings. The summed E-state index contributed by atoms with van der Waals surface area (Å²) < 4.78 is 0. The Morgan fingerprint density at radius 1 is 1.38 bits per heavy atom. The van der Waals surface area contributed by atoms with Crippen LogP contribution in [0.25, 0.3) is 0 Å². The number of aliphatic hydroxyl groups excluding tert-OH is 1. The van der Waals surface area contributed by atoms with Crippen LogP contribution < -0.4 is 5.32 Å². The lowest BCUT2D eigenvalue weighted by molar-refractivity contribution is 0.136. The van der Waals surface area contributed by atoms with Gasteiger partial charge in [-0.3, -0.25) is 0 Å². The molecule has 0 aromatic heterocycles. The van der Waals surface area contributed by atoms with Crippen molar-refractivity contribution in [2.24, 2.45) is 0 Å². The van der Waals surface area contributed by atoms with Crippen LogP contribution in [0, 0.1) is 13.8 Å². The summed E-state index contributed by atoms with van der Waals surface area (Å²) in [6.45, 7) is 5.29. The van der Waals surface area contributed by atoms with Gasteiger partial charge in [-0.1, -0.05) is 18.2 Å². The molecular formula is C14H21NO. The fourth-order valence-corrected chi connectivity index (χ4v) is 2.35. The molecule has 88 valence electrons. The molecule has 1 heterocycles. The van der Waals surface area contributed by atoms with Crippen molar-refractivity contribution in [2.75, 3.05) is 6.54 Å². The second-order valence-corrected chi connectivity index (χ2v) is 4.89. The van der Waals surface area contributed by atoms with Crippen molar-refractivity contribution in [1.82, 2.24) is 5.32 Å². The molecule has 1 aromatic carbocycles. The van der Waals surface area contributed by atoms with Gasteiger partial charge in [0.15, 0.2) is 0 Å². The van der Waals surface area contributed by atoms with Gasteiger partial charge < -0.3 is 10.4 Å². The number of aryl methyl sites for hydroxylation is 2. The standard InChI is InChI=1S/C14H21NO/c1-10-5-6-12(8-11(10)2)9-14(16)13-4-3-7-15-13/h5-6,8,13-16H,3-4,7,9H2,1-2H3. The van der Waals surface area contributed by atoms with Crippen LogP contribution in [-0.2, 0) is 6.42 Å². The molecule has 1 fully saturated rings. The van der Waals surface area contributed by atoms with Crippen LogP contribution in [0.2, 0.25) is 0 Å². The topological polar surface area (TPSA) is 32.3 Å². The normalized spacial score (nSPS) is 22.3. The summed E-state index contributed by atoms with van der Waals surface area (Å²) in [6, 6.07) is 6.75.